The van der Waals surface area contributed by atoms with E-state index in [-0.39, 0.29) is 5.92 Å². The van der Waals surface area contributed by atoms with E-state index in [0.717, 1.165) is 37.4 Å². The summed E-state index contributed by atoms with van der Waals surface area (Å²) < 4.78 is 11.2. The smallest absolute Gasteiger partial charge is 0.324 e. The molecular formula is C18H28N4O4. The minimum atomic E-state index is -2.22. The van der Waals surface area contributed by atoms with Gasteiger partial charge in [-0.2, -0.15) is 0 Å². The van der Waals surface area contributed by atoms with Crippen LogP contribution in [0.1, 0.15) is 37.4 Å². The number of nitrogens with one attached hydrogen (secondary N) is 2. The Morgan fingerprint density at radius 3 is 2.77 bits per heavy atom. The third-order valence-electron chi connectivity index (χ3n) is 4.93. The first-order valence-electron chi connectivity index (χ1n) is 9.21. The summed E-state index contributed by atoms with van der Waals surface area (Å²) in [5.74, 6) is -1.41. The predicted molar refractivity (Wildman–Crippen MR) is 97.1 cm³/mol. The molecule has 26 heavy (non-hydrogen) atoms. The maximum atomic E-state index is 10.5. The van der Waals surface area contributed by atoms with Gasteiger partial charge in [-0.1, -0.05) is 6.92 Å². The van der Waals surface area contributed by atoms with Crippen molar-refractivity contribution in [2.75, 3.05) is 32.1 Å². The highest BCUT2D eigenvalue weighted by atomic mass is 16.8. The van der Waals surface area contributed by atoms with Crippen LogP contribution in [-0.4, -0.2) is 59.0 Å². The molecule has 8 nitrogen and oxygen atoms in total. The second-order valence-electron chi connectivity index (χ2n) is 6.77. The zero-order valence-corrected chi connectivity index (χ0v) is 15.4. The number of piperidine rings is 1. The molecule has 0 spiro atoms. The van der Waals surface area contributed by atoms with Crippen LogP contribution in [0.3, 0.4) is 0 Å². The highest BCUT2D eigenvalue weighted by Gasteiger charge is 2.40. The molecule has 1 aliphatic heterocycles. The van der Waals surface area contributed by atoms with Gasteiger partial charge < -0.3 is 30.3 Å². The minimum Gasteiger partial charge on any atom is -0.441 e. The zero-order valence-electron chi connectivity index (χ0n) is 15.4. The minimum absolute atomic E-state index is 0.351. The quantitative estimate of drug-likeness (QED) is 0.528. The molecule has 1 aromatic heterocycles. The normalized spacial score (nSPS) is 21.1. The molecular weight excluding hydrogens is 336 g/mol. The van der Waals surface area contributed by atoms with Crippen LogP contribution >= 0.6 is 0 Å². The molecule has 2 aliphatic rings. The summed E-state index contributed by atoms with van der Waals surface area (Å²) in [6, 6.07) is 0. The van der Waals surface area contributed by atoms with Crippen molar-refractivity contribution in [3.05, 3.63) is 23.3 Å². The molecule has 0 amide bonds. The van der Waals surface area contributed by atoms with Gasteiger partial charge in [0.15, 0.2) is 0 Å². The molecule has 1 saturated heterocycles. The number of aliphatic hydroxyl groups is 2. The van der Waals surface area contributed by atoms with Crippen LogP contribution in [0.2, 0.25) is 0 Å². The Labute approximate surface area is 153 Å². The predicted octanol–water partition coefficient (Wildman–Crippen LogP) is 0.865. The number of ether oxygens (including phenoxy) is 2. The highest BCUT2D eigenvalue weighted by Crippen LogP contribution is 2.34. The summed E-state index contributed by atoms with van der Waals surface area (Å²) in [4.78, 5) is 8.63. The molecule has 1 unspecified atom stereocenters. The summed E-state index contributed by atoms with van der Waals surface area (Å²) in [7, 11) is 1.58. The van der Waals surface area contributed by atoms with Crippen molar-refractivity contribution in [2.45, 2.75) is 44.7 Å². The molecule has 1 atom stereocenters. The fraction of sp³-hybridized carbons (Fsp3) is 0.667. The number of methoxy groups -OCH3 is 1. The van der Waals surface area contributed by atoms with E-state index in [0.29, 0.717) is 30.7 Å². The zero-order chi connectivity index (χ0) is 18.6. The highest BCUT2D eigenvalue weighted by molar-refractivity contribution is 5.62. The average molecular weight is 364 g/mol. The molecule has 4 N–H and O–H groups in total. The van der Waals surface area contributed by atoms with Crippen LogP contribution in [0, 0.1) is 5.92 Å². The van der Waals surface area contributed by atoms with Gasteiger partial charge in [0.2, 0.25) is 0 Å². The first-order valence-corrected chi connectivity index (χ1v) is 9.21. The van der Waals surface area contributed by atoms with Crippen LogP contribution in [-0.2, 0) is 15.9 Å². The van der Waals surface area contributed by atoms with Crippen molar-refractivity contribution in [1.29, 1.82) is 0 Å². The lowest BCUT2D eigenvalue weighted by molar-refractivity contribution is -0.355. The second kappa shape index (κ2) is 8.30. The van der Waals surface area contributed by atoms with Crippen molar-refractivity contribution in [3.63, 3.8) is 0 Å². The number of aromatic nitrogens is 2. The van der Waals surface area contributed by atoms with Gasteiger partial charge in [0.1, 0.15) is 24.0 Å². The Morgan fingerprint density at radius 1 is 1.31 bits per heavy atom. The molecule has 8 heteroatoms. The van der Waals surface area contributed by atoms with Crippen molar-refractivity contribution < 1.29 is 19.7 Å². The first-order chi connectivity index (χ1) is 12.5. The lowest BCUT2D eigenvalue weighted by atomic mass is 9.94. The van der Waals surface area contributed by atoms with E-state index < -0.39 is 12.1 Å². The van der Waals surface area contributed by atoms with E-state index in [2.05, 4.69) is 27.5 Å². The largest absolute Gasteiger partial charge is 0.441 e. The lowest BCUT2D eigenvalue weighted by Crippen LogP contribution is -2.46. The van der Waals surface area contributed by atoms with Crippen LogP contribution in [0.4, 0.5) is 5.82 Å². The standard InChI is InChI=1S/C18H28N4O4/c1-3-6-20-17-13-9-15(25-2)16(10-14(13)21-11-22-17)26-18(23,24)12-4-7-19-8-5-12/h10-12,15,19,23-24H,3-9H2,1-2H3,(H,20,21,22). The molecule has 1 fully saturated rings. The van der Waals surface area contributed by atoms with Crippen molar-refractivity contribution >= 4 is 11.9 Å². The van der Waals surface area contributed by atoms with Gasteiger partial charge in [0.25, 0.3) is 0 Å². The van der Waals surface area contributed by atoms with Crippen LogP contribution in [0.5, 0.6) is 0 Å². The fourth-order valence-corrected chi connectivity index (χ4v) is 3.41. The van der Waals surface area contributed by atoms with Gasteiger partial charge in [-0.05, 0) is 32.4 Å². The molecule has 0 radical (unpaired) electrons. The first kappa shape index (κ1) is 19.0. The molecule has 3 rings (SSSR count). The number of hydrogen-bond acceptors (Lipinski definition) is 8. The van der Waals surface area contributed by atoms with Crippen LogP contribution < -0.4 is 10.6 Å². The Hall–Kier alpha value is -1.74. The molecule has 0 saturated carbocycles. The Bertz CT molecular complexity index is 644. The van der Waals surface area contributed by atoms with Gasteiger partial charge in [0.05, 0.1) is 11.6 Å². The van der Waals surface area contributed by atoms with Gasteiger partial charge in [-0.25, -0.2) is 9.97 Å². The summed E-state index contributed by atoms with van der Waals surface area (Å²) in [5, 5.41) is 27.5. The van der Waals surface area contributed by atoms with E-state index in [4.69, 9.17) is 9.47 Å². The maximum absolute atomic E-state index is 10.5. The Balaban J connectivity index is 1.83. The van der Waals surface area contributed by atoms with Gasteiger partial charge in [0, 0.05) is 31.7 Å². The Kier molecular flexibility index (Phi) is 6.08. The van der Waals surface area contributed by atoms with Gasteiger partial charge in [-0.15, -0.1) is 0 Å². The monoisotopic (exact) mass is 364 g/mol. The summed E-state index contributed by atoms with van der Waals surface area (Å²) in [5.41, 5.74) is 1.66. The van der Waals surface area contributed by atoms with Crippen molar-refractivity contribution in [3.8, 4) is 0 Å². The molecule has 0 aromatic carbocycles. The number of rotatable bonds is 7. The average Bonchev–Trinajstić information content (AvgIpc) is 2.66. The topological polar surface area (TPSA) is 109 Å². The fourth-order valence-electron chi connectivity index (χ4n) is 3.41. The summed E-state index contributed by atoms with van der Waals surface area (Å²) in [6.07, 6.45) is 5.57. The third kappa shape index (κ3) is 4.15. The molecule has 144 valence electrons. The molecule has 1 aromatic rings. The number of fused-ring (bicyclic) bond motifs is 1. The van der Waals surface area contributed by atoms with Crippen molar-refractivity contribution in [1.82, 2.24) is 15.3 Å². The number of hydrogen-bond donors (Lipinski definition) is 4. The maximum Gasteiger partial charge on any atom is 0.324 e. The lowest BCUT2D eigenvalue weighted by Gasteiger charge is -2.36. The van der Waals surface area contributed by atoms with Crippen LogP contribution in [0.25, 0.3) is 6.08 Å². The van der Waals surface area contributed by atoms with E-state index in [9.17, 15) is 10.2 Å². The van der Waals surface area contributed by atoms with Crippen molar-refractivity contribution in [2.24, 2.45) is 5.92 Å². The van der Waals surface area contributed by atoms with Gasteiger partial charge in [-0.3, -0.25) is 0 Å². The van der Waals surface area contributed by atoms with E-state index in [1.54, 1.807) is 13.2 Å². The van der Waals surface area contributed by atoms with E-state index in [1.807, 2.05) is 0 Å². The van der Waals surface area contributed by atoms with E-state index in [1.165, 1.54) is 6.33 Å². The molecule has 1 aliphatic carbocycles. The summed E-state index contributed by atoms with van der Waals surface area (Å²) in [6.45, 7) is 4.39. The third-order valence-corrected chi connectivity index (χ3v) is 4.93. The van der Waals surface area contributed by atoms with Gasteiger partial charge >= 0.3 is 5.97 Å². The number of nitrogens with zero attached hydrogens (tertiary/aromatic N) is 2. The summed E-state index contributed by atoms with van der Waals surface area (Å²) >= 11 is 0. The second-order valence-corrected chi connectivity index (χ2v) is 6.77. The molecule has 2 heterocycles. The van der Waals surface area contributed by atoms with Crippen LogP contribution in [0.15, 0.2) is 12.1 Å². The van der Waals surface area contributed by atoms with E-state index >= 15 is 0 Å². The SMILES string of the molecule is CCCNc1ncnc2c1CC(OC)C(OC(O)(O)C1CCNCC1)=C2. The Morgan fingerprint density at radius 2 is 2.08 bits per heavy atom. The molecule has 0 bridgehead atoms. The number of anilines is 1.